The van der Waals surface area contributed by atoms with Crippen molar-refractivity contribution in [3.63, 3.8) is 0 Å². The Morgan fingerprint density at radius 1 is 1.15 bits per heavy atom. The molecule has 2 aromatic rings. The number of carbonyl (C=O) groups excluding carboxylic acids is 1. The molecule has 1 aromatic heterocycles. The molecule has 0 atom stereocenters. The van der Waals surface area contributed by atoms with E-state index in [1.807, 2.05) is 37.3 Å². The Hall–Kier alpha value is -2.69. The highest BCUT2D eigenvalue weighted by Gasteiger charge is 2.11. The van der Waals surface area contributed by atoms with Gasteiger partial charge in [-0.15, -0.1) is 0 Å². The number of nitrogens with zero attached hydrogens (tertiary/aromatic N) is 2. The van der Waals surface area contributed by atoms with Gasteiger partial charge in [-0.25, -0.2) is 9.97 Å². The molecule has 5 nitrogen and oxygen atoms in total. The Kier molecular flexibility index (Phi) is 6.36. The van der Waals surface area contributed by atoms with E-state index in [1.165, 1.54) is 24.8 Å². The van der Waals surface area contributed by atoms with E-state index < -0.39 is 0 Å². The van der Waals surface area contributed by atoms with Crippen LogP contribution in [0.25, 0.3) is 0 Å². The Morgan fingerprint density at radius 3 is 2.77 bits per heavy atom. The van der Waals surface area contributed by atoms with E-state index in [0.29, 0.717) is 24.7 Å². The summed E-state index contributed by atoms with van der Waals surface area (Å²) in [6, 6.07) is 11.8. The fourth-order valence-electron chi connectivity index (χ4n) is 3.10. The van der Waals surface area contributed by atoms with Crippen molar-refractivity contribution in [1.29, 1.82) is 0 Å². The number of rotatable bonds is 7. The Morgan fingerprint density at radius 2 is 2.00 bits per heavy atom. The van der Waals surface area contributed by atoms with Gasteiger partial charge in [-0.1, -0.05) is 42.0 Å². The lowest BCUT2D eigenvalue weighted by Crippen LogP contribution is -2.26. The van der Waals surface area contributed by atoms with Crippen molar-refractivity contribution in [3.8, 4) is 0 Å². The predicted molar refractivity (Wildman–Crippen MR) is 104 cm³/mol. The maximum Gasteiger partial charge on any atom is 0.270 e. The highest BCUT2D eigenvalue weighted by molar-refractivity contribution is 5.92. The van der Waals surface area contributed by atoms with E-state index in [4.69, 9.17) is 0 Å². The molecule has 1 heterocycles. The van der Waals surface area contributed by atoms with Crippen molar-refractivity contribution in [2.45, 2.75) is 45.6 Å². The van der Waals surface area contributed by atoms with Crippen LogP contribution in [0.4, 0.5) is 5.95 Å². The van der Waals surface area contributed by atoms with Gasteiger partial charge < -0.3 is 10.6 Å². The van der Waals surface area contributed by atoms with E-state index in [-0.39, 0.29) is 5.91 Å². The summed E-state index contributed by atoms with van der Waals surface area (Å²) in [4.78, 5) is 21.2. The molecule has 5 heteroatoms. The summed E-state index contributed by atoms with van der Waals surface area (Å²) in [5.41, 5.74) is 3.78. The van der Waals surface area contributed by atoms with Gasteiger partial charge in [0.25, 0.3) is 5.91 Å². The molecule has 0 aliphatic heterocycles. The second-order valence-corrected chi connectivity index (χ2v) is 6.67. The van der Waals surface area contributed by atoms with Crippen LogP contribution in [0.3, 0.4) is 0 Å². The first-order valence-corrected chi connectivity index (χ1v) is 9.30. The monoisotopic (exact) mass is 350 g/mol. The van der Waals surface area contributed by atoms with Crippen molar-refractivity contribution in [3.05, 3.63) is 65.0 Å². The van der Waals surface area contributed by atoms with Gasteiger partial charge in [0.1, 0.15) is 5.69 Å². The van der Waals surface area contributed by atoms with Gasteiger partial charge >= 0.3 is 0 Å². The van der Waals surface area contributed by atoms with E-state index in [1.54, 1.807) is 6.07 Å². The molecule has 1 amide bonds. The molecule has 26 heavy (non-hydrogen) atoms. The number of benzene rings is 1. The van der Waals surface area contributed by atoms with Crippen LogP contribution in [-0.4, -0.2) is 22.4 Å². The first-order valence-electron chi connectivity index (χ1n) is 9.30. The van der Waals surface area contributed by atoms with Crippen LogP contribution in [-0.2, 0) is 6.54 Å². The molecule has 0 spiro atoms. The molecule has 0 radical (unpaired) electrons. The summed E-state index contributed by atoms with van der Waals surface area (Å²) in [7, 11) is 0. The summed E-state index contributed by atoms with van der Waals surface area (Å²) >= 11 is 0. The van der Waals surface area contributed by atoms with Crippen LogP contribution < -0.4 is 10.6 Å². The Balaban J connectivity index is 1.55. The number of hydrogen-bond donors (Lipinski definition) is 2. The molecule has 0 unspecified atom stereocenters. The largest absolute Gasteiger partial charge is 0.350 e. The summed E-state index contributed by atoms with van der Waals surface area (Å²) < 4.78 is 0. The quantitative estimate of drug-likeness (QED) is 0.740. The zero-order chi connectivity index (χ0) is 18.2. The minimum Gasteiger partial charge on any atom is -0.350 e. The van der Waals surface area contributed by atoms with Crippen LogP contribution in [0.15, 0.2) is 48.0 Å². The zero-order valence-corrected chi connectivity index (χ0v) is 15.3. The van der Waals surface area contributed by atoms with Crippen molar-refractivity contribution in [1.82, 2.24) is 15.3 Å². The van der Waals surface area contributed by atoms with Gasteiger partial charge in [0.2, 0.25) is 5.95 Å². The first-order chi connectivity index (χ1) is 12.7. The maximum absolute atomic E-state index is 12.4. The number of allylic oxidation sites excluding steroid dienone is 1. The SMILES string of the molecule is Cc1cc(C(=O)NCCC2=CCCCC2)nc(NCc2ccccc2)n1. The highest BCUT2D eigenvalue weighted by Crippen LogP contribution is 2.19. The minimum atomic E-state index is -0.144. The molecular formula is C21H26N4O. The number of anilines is 1. The average molecular weight is 350 g/mol. The van der Waals surface area contributed by atoms with Gasteiger partial charge in [0.05, 0.1) is 0 Å². The topological polar surface area (TPSA) is 66.9 Å². The summed E-state index contributed by atoms with van der Waals surface area (Å²) in [5, 5.41) is 6.17. The number of aryl methyl sites for hydroxylation is 1. The van der Waals surface area contributed by atoms with Gasteiger partial charge in [-0.3, -0.25) is 4.79 Å². The van der Waals surface area contributed by atoms with Crippen LogP contribution in [0, 0.1) is 6.92 Å². The molecular weight excluding hydrogens is 324 g/mol. The summed E-state index contributed by atoms with van der Waals surface area (Å²) in [5.74, 6) is 0.337. The summed E-state index contributed by atoms with van der Waals surface area (Å²) in [6.45, 7) is 3.15. The molecule has 0 bridgehead atoms. The maximum atomic E-state index is 12.4. The minimum absolute atomic E-state index is 0.144. The second kappa shape index (κ2) is 9.13. The van der Waals surface area contributed by atoms with Gasteiger partial charge in [0, 0.05) is 18.8 Å². The predicted octanol–water partition coefficient (Wildman–Crippen LogP) is 4.02. The molecule has 0 saturated carbocycles. The fraction of sp³-hybridized carbons (Fsp3) is 0.381. The molecule has 2 N–H and O–H groups in total. The number of hydrogen-bond acceptors (Lipinski definition) is 4. The molecule has 1 aromatic carbocycles. The van der Waals surface area contributed by atoms with Crippen LogP contribution in [0.5, 0.6) is 0 Å². The van der Waals surface area contributed by atoms with Gasteiger partial charge in [0.15, 0.2) is 0 Å². The highest BCUT2D eigenvalue weighted by atomic mass is 16.1. The first kappa shape index (κ1) is 18.1. The number of carbonyl (C=O) groups is 1. The lowest BCUT2D eigenvalue weighted by molar-refractivity contribution is 0.0949. The Bertz CT molecular complexity index is 771. The van der Waals surface area contributed by atoms with E-state index in [2.05, 4.69) is 26.7 Å². The second-order valence-electron chi connectivity index (χ2n) is 6.67. The van der Waals surface area contributed by atoms with Gasteiger partial charge in [-0.05, 0) is 50.7 Å². The van der Waals surface area contributed by atoms with Gasteiger partial charge in [-0.2, -0.15) is 0 Å². The third-order valence-corrected chi connectivity index (χ3v) is 4.50. The molecule has 1 aliphatic rings. The van der Waals surface area contributed by atoms with E-state index in [9.17, 15) is 4.79 Å². The third kappa shape index (κ3) is 5.41. The molecule has 1 aliphatic carbocycles. The number of amides is 1. The Labute approximate surface area is 155 Å². The van der Waals surface area contributed by atoms with E-state index in [0.717, 1.165) is 24.1 Å². The number of aromatic nitrogens is 2. The average Bonchev–Trinajstić information content (AvgIpc) is 2.67. The molecule has 3 rings (SSSR count). The van der Waals surface area contributed by atoms with Crippen molar-refractivity contribution < 1.29 is 4.79 Å². The lowest BCUT2D eigenvalue weighted by Gasteiger charge is -2.13. The van der Waals surface area contributed by atoms with Crippen LogP contribution in [0.1, 0.15) is 53.8 Å². The standard InChI is InChI=1S/C21H26N4O/c1-16-14-19(20(26)22-13-12-17-8-4-2-5-9-17)25-21(24-16)23-15-18-10-6-3-7-11-18/h3,6-8,10-11,14H,2,4-5,9,12-13,15H2,1H3,(H,22,26)(H,23,24,25). The van der Waals surface area contributed by atoms with Crippen LogP contribution in [0.2, 0.25) is 0 Å². The third-order valence-electron chi connectivity index (χ3n) is 4.50. The van der Waals surface area contributed by atoms with E-state index >= 15 is 0 Å². The lowest BCUT2D eigenvalue weighted by atomic mass is 9.97. The molecule has 136 valence electrons. The smallest absolute Gasteiger partial charge is 0.270 e. The van der Waals surface area contributed by atoms with Crippen LogP contribution >= 0.6 is 0 Å². The zero-order valence-electron chi connectivity index (χ0n) is 15.3. The van der Waals surface area contributed by atoms with Crippen molar-refractivity contribution in [2.75, 3.05) is 11.9 Å². The normalized spacial score (nSPS) is 13.8. The molecule has 0 saturated heterocycles. The summed E-state index contributed by atoms with van der Waals surface area (Å²) in [6.07, 6.45) is 8.13. The fourth-order valence-corrected chi connectivity index (χ4v) is 3.10. The van der Waals surface area contributed by atoms with Crippen molar-refractivity contribution >= 4 is 11.9 Å². The molecule has 0 fully saturated rings. The van der Waals surface area contributed by atoms with Crippen molar-refractivity contribution in [2.24, 2.45) is 0 Å². The number of nitrogens with one attached hydrogen (secondary N) is 2.